The number of rotatable bonds is 9. The highest BCUT2D eigenvalue weighted by molar-refractivity contribution is 5.06. The Hall–Kier alpha value is -1.66. The maximum absolute atomic E-state index is 5.02. The summed E-state index contributed by atoms with van der Waals surface area (Å²) in [6.07, 6.45) is 4.86. The first kappa shape index (κ1) is 15.7. The van der Waals surface area contributed by atoms with Gasteiger partial charge in [-0.3, -0.25) is 4.68 Å². The SMILES string of the molecule is COCCNCc1cncn1CCCn1nc(C)cc1C. The van der Waals surface area contributed by atoms with Gasteiger partial charge >= 0.3 is 0 Å². The van der Waals surface area contributed by atoms with E-state index in [9.17, 15) is 0 Å². The summed E-state index contributed by atoms with van der Waals surface area (Å²) in [5.74, 6) is 0. The molecule has 1 N–H and O–H groups in total. The molecule has 2 heterocycles. The van der Waals surface area contributed by atoms with Crippen molar-refractivity contribution in [2.75, 3.05) is 20.3 Å². The van der Waals surface area contributed by atoms with Crippen molar-refractivity contribution in [3.63, 3.8) is 0 Å². The van der Waals surface area contributed by atoms with Gasteiger partial charge in [-0.2, -0.15) is 5.10 Å². The smallest absolute Gasteiger partial charge is 0.0948 e. The van der Waals surface area contributed by atoms with Crippen LogP contribution in [0.5, 0.6) is 0 Å². The monoisotopic (exact) mass is 291 g/mol. The average molecular weight is 291 g/mol. The lowest BCUT2D eigenvalue weighted by Crippen LogP contribution is -2.20. The summed E-state index contributed by atoms with van der Waals surface area (Å²) in [6, 6.07) is 2.11. The molecular formula is C15H25N5O. The summed E-state index contributed by atoms with van der Waals surface area (Å²) >= 11 is 0. The van der Waals surface area contributed by atoms with E-state index in [-0.39, 0.29) is 0 Å². The zero-order valence-electron chi connectivity index (χ0n) is 13.2. The van der Waals surface area contributed by atoms with Crippen LogP contribution in [-0.4, -0.2) is 39.6 Å². The molecule has 0 saturated heterocycles. The van der Waals surface area contributed by atoms with Gasteiger partial charge in [0.2, 0.25) is 0 Å². The molecule has 2 rings (SSSR count). The van der Waals surface area contributed by atoms with Crippen LogP contribution in [0.25, 0.3) is 0 Å². The second-order valence-corrected chi connectivity index (χ2v) is 5.25. The van der Waals surface area contributed by atoms with Crippen molar-refractivity contribution in [1.29, 1.82) is 0 Å². The maximum atomic E-state index is 5.02. The number of hydrogen-bond acceptors (Lipinski definition) is 4. The Bertz CT molecular complexity index is 546. The van der Waals surface area contributed by atoms with E-state index < -0.39 is 0 Å². The molecular weight excluding hydrogens is 266 g/mol. The van der Waals surface area contributed by atoms with Gasteiger partial charge in [0.25, 0.3) is 0 Å². The molecule has 0 aliphatic heterocycles. The molecule has 2 aromatic heterocycles. The van der Waals surface area contributed by atoms with Gasteiger partial charge in [-0.1, -0.05) is 0 Å². The molecule has 0 saturated carbocycles. The highest BCUT2D eigenvalue weighted by Crippen LogP contribution is 2.05. The molecule has 0 radical (unpaired) electrons. The van der Waals surface area contributed by atoms with Gasteiger partial charge in [0.05, 0.1) is 24.3 Å². The predicted molar refractivity (Wildman–Crippen MR) is 82.1 cm³/mol. The third kappa shape index (κ3) is 4.68. The minimum Gasteiger partial charge on any atom is -0.383 e. The number of hydrogen-bond donors (Lipinski definition) is 1. The molecule has 0 amide bonds. The molecule has 2 aromatic rings. The molecule has 116 valence electrons. The molecule has 0 aliphatic carbocycles. The van der Waals surface area contributed by atoms with Gasteiger partial charge in [-0.15, -0.1) is 0 Å². The van der Waals surface area contributed by atoms with Crippen molar-refractivity contribution in [3.05, 3.63) is 35.7 Å². The van der Waals surface area contributed by atoms with E-state index >= 15 is 0 Å². The van der Waals surface area contributed by atoms with Gasteiger partial charge in [0.1, 0.15) is 0 Å². The zero-order chi connectivity index (χ0) is 15.1. The van der Waals surface area contributed by atoms with Crippen molar-refractivity contribution in [2.45, 2.75) is 39.9 Å². The van der Waals surface area contributed by atoms with E-state index in [1.807, 2.05) is 19.4 Å². The first-order chi connectivity index (χ1) is 10.2. The largest absolute Gasteiger partial charge is 0.383 e. The lowest BCUT2D eigenvalue weighted by molar-refractivity contribution is 0.199. The van der Waals surface area contributed by atoms with E-state index in [1.54, 1.807) is 7.11 Å². The first-order valence-electron chi connectivity index (χ1n) is 7.40. The van der Waals surface area contributed by atoms with Crippen LogP contribution < -0.4 is 5.32 Å². The fraction of sp³-hybridized carbons (Fsp3) is 0.600. The van der Waals surface area contributed by atoms with Gasteiger partial charge in [-0.25, -0.2) is 4.98 Å². The number of imidazole rings is 1. The molecule has 21 heavy (non-hydrogen) atoms. The number of nitrogens with zero attached hydrogens (tertiary/aromatic N) is 4. The number of aryl methyl sites for hydroxylation is 4. The van der Waals surface area contributed by atoms with Crippen LogP contribution in [0.3, 0.4) is 0 Å². The Balaban J connectivity index is 1.78. The lowest BCUT2D eigenvalue weighted by atomic mass is 10.3. The second kappa shape index (κ2) is 7.95. The Morgan fingerprint density at radius 3 is 2.86 bits per heavy atom. The second-order valence-electron chi connectivity index (χ2n) is 5.25. The summed E-state index contributed by atoms with van der Waals surface area (Å²) in [5.41, 5.74) is 3.51. The third-order valence-corrected chi connectivity index (χ3v) is 3.46. The van der Waals surface area contributed by atoms with E-state index in [0.717, 1.165) is 44.9 Å². The van der Waals surface area contributed by atoms with Crippen LogP contribution in [0, 0.1) is 13.8 Å². The van der Waals surface area contributed by atoms with Crippen molar-refractivity contribution in [2.24, 2.45) is 0 Å². The Morgan fingerprint density at radius 2 is 2.14 bits per heavy atom. The zero-order valence-corrected chi connectivity index (χ0v) is 13.2. The fourth-order valence-electron chi connectivity index (χ4n) is 2.38. The number of ether oxygens (including phenoxy) is 1. The molecule has 6 nitrogen and oxygen atoms in total. The molecule has 0 spiro atoms. The van der Waals surface area contributed by atoms with E-state index in [4.69, 9.17) is 4.74 Å². The molecule has 0 atom stereocenters. The van der Waals surface area contributed by atoms with Gasteiger partial charge in [-0.05, 0) is 26.3 Å². The van der Waals surface area contributed by atoms with Crippen LogP contribution in [0.2, 0.25) is 0 Å². The van der Waals surface area contributed by atoms with Gasteiger partial charge in [0, 0.05) is 45.2 Å². The summed E-state index contributed by atoms with van der Waals surface area (Å²) in [6.45, 7) is 8.43. The Morgan fingerprint density at radius 1 is 1.29 bits per heavy atom. The summed E-state index contributed by atoms with van der Waals surface area (Å²) < 4.78 is 9.30. The van der Waals surface area contributed by atoms with E-state index in [2.05, 4.69) is 37.6 Å². The molecule has 0 aliphatic rings. The highest BCUT2D eigenvalue weighted by atomic mass is 16.5. The van der Waals surface area contributed by atoms with Gasteiger partial charge < -0.3 is 14.6 Å². The number of aromatic nitrogens is 4. The average Bonchev–Trinajstić information content (AvgIpc) is 3.02. The molecule has 6 heteroatoms. The minimum atomic E-state index is 0.728. The van der Waals surface area contributed by atoms with E-state index in [0.29, 0.717) is 0 Å². The maximum Gasteiger partial charge on any atom is 0.0948 e. The normalized spacial score (nSPS) is 11.2. The molecule has 0 aromatic carbocycles. The topological polar surface area (TPSA) is 56.9 Å². The summed E-state index contributed by atoms with van der Waals surface area (Å²) in [4.78, 5) is 4.24. The lowest BCUT2D eigenvalue weighted by Gasteiger charge is -2.10. The minimum absolute atomic E-state index is 0.728. The number of methoxy groups -OCH3 is 1. The van der Waals surface area contributed by atoms with Crippen LogP contribution in [-0.2, 0) is 24.4 Å². The fourth-order valence-corrected chi connectivity index (χ4v) is 2.38. The van der Waals surface area contributed by atoms with Crippen LogP contribution in [0.15, 0.2) is 18.6 Å². The van der Waals surface area contributed by atoms with Crippen LogP contribution in [0.1, 0.15) is 23.5 Å². The van der Waals surface area contributed by atoms with Crippen LogP contribution in [0.4, 0.5) is 0 Å². The summed E-state index contributed by atoms with van der Waals surface area (Å²) in [7, 11) is 1.71. The van der Waals surface area contributed by atoms with Crippen molar-refractivity contribution >= 4 is 0 Å². The van der Waals surface area contributed by atoms with Crippen LogP contribution >= 0.6 is 0 Å². The quantitative estimate of drug-likeness (QED) is 0.712. The Labute approximate surface area is 126 Å². The standard InChI is InChI=1S/C15H25N5O/c1-13-9-14(2)20(18-13)7-4-6-19-12-17-11-15(19)10-16-5-8-21-3/h9,11-12,16H,4-8,10H2,1-3H3. The van der Waals surface area contributed by atoms with E-state index in [1.165, 1.54) is 11.4 Å². The third-order valence-electron chi connectivity index (χ3n) is 3.46. The van der Waals surface area contributed by atoms with Crippen molar-refractivity contribution < 1.29 is 4.74 Å². The van der Waals surface area contributed by atoms with Crippen molar-refractivity contribution in [3.8, 4) is 0 Å². The predicted octanol–water partition coefficient (Wildman–Crippen LogP) is 1.52. The first-order valence-corrected chi connectivity index (χ1v) is 7.40. The molecule has 0 fully saturated rings. The number of nitrogens with one attached hydrogen (secondary N) is 1. The van der Waals surface area contributed by atoms with Gasteiger partial charge in [0.15, 0.2) is 0 Å². The van der Waals surface area contributed by atoms with Crippen molar-refractivity contribution in [1.82, 2.24) is 24.6 Å². The molecule has 0 bridgehead atoms. The summed E-state index contributed by atoms with van der Waals surface area (Å²) in [5, 5.41) is 7.83. The molecule has 0 unspecified atom stereocenters. The highest BCUT2D eigenvalue weighted by Gasteiger charge is 2.03. The Kier molecular flexibility index (Phi) is 5.95.